The number of ether oxygens (including phenoxy) is 1. The van der Waals surface area contributed by atoms with Crippen LogP contribution in [-0.2, 0) is 0 Å². The number of benzene rings is 1. The lowest BCUT2D eigenvalue weighted by Gasteiger charge is -2.32. The molecule has 3 rings (SSSR count). The van der Waals surface area contributed by atoms with E-state index in [9.17, 15) is 0 Å². The summed E-state index contributed by atoms with van der Waals surface area (Å²) in [6.45, 7) is 2.88. The predicted octanol–water partition coefficient (Wildman–Crippen LogP) is 4.54. The molecule has 0 unspecified atom stereocenters. The van der Waals surface area contributed by atoms with Crippen LogP contribution in [0, 0.1) is 6.92 Å². The molecule has 0 saturated heterocycles. The summed E-state index contributed by atoms with van der Waals surface area (Å²) in [5.41, 5.74) is 2.11. The van der Waals surface area contributed by atoms with Gasteiger partial charge in [0, 0.05) is 34.4 Å². The topological polar surface area (TPSA) is 45.6 Å². The summed E-state index contributed by atoms with van der Waals surface area (Å²) in [7, 11) is 0. The average molecular weight is 414 g/mol. The van der Waals surface area contributed by atoms with Crippen LogP contribution < -0.4 is 9.64 Å². The van der Waals surface area contributed by atoms with E-state index in [0.717, 1.165) is 31.8 Å². The van der Waals surface area contributed by atoms with Crippen LogP contribution in [0.5, 0.6) is 11.5 Å². The second-order valence-electron chi connectivity index (χ2n) is 4.88. The molecule has 0 fully saturated rings. The van der Waals surface area contributed by atoms with Gasteiger partial charge in [-0.1, -0.05) is 15.9 Å². The number of pyridine rings is 1. The van der Waals surface area contributed by atoms with Crippen molar-refractivity contribution < 1.29 is 9.84 Å². The van der Waals surface area contributed by atoms with E-state index < -0.39 is 0 Å². The molecule has 0 spiro atoms. The average Bonchev–Trinajstić information content (AvgIpc) is 2.45. The molecular formula is C15H14Br2N2O2. The Morgan fingerprint density at radius 3 is 2.81 bits per heavy atom. The number of aromatic nitrogens is 1. The Bertz CT molecular complexity index is 692. The van der Waals surface area contributed by atoms with Crippen molar-refractivity contribution in [2.24, 2.45) is 0 Å². The summed E-state index contributed by atoms with van der Waals surface area (Å²) in [4.78, 5) is 6.56. The Morgan fingerprint density at radius 2 is 2.05 bits per heavy atom. The molecule has 0 saturated carbocycles. The van der Waals surface area contributed by atoms with E-state index >= 15 is 0 Å². The summed E-state index contributed by atoms with van der Waals surface area (Å²) in [6, 6.07) is 5.95. The van der Waals surface area contributed by atoms with Crippen LogP contribution in [0.2, 0.25) is 0 Å². The van der Waals surface area contributed by atoms with Crippen LogP contribution >= 0.6 is 31.9 Å². The van der Waals surface area contributed by atoms with Crippen molar-refractivity contribution in [1.82, 2.24) is 4.98 Å². The fourth-order valence-corrected chi connectivity index (χ4v) is 2.95. The van der Waals surface area contributed by atoms with Crippen LogP contribution in [0.25, 0.3) is 0 Å². The maximum absolute atomic E-state index is 9.14. The van der Waals surface area contributed by atoms with Crippen molar-refractivity contribution in [2.75, 3.05) is 18.1 Å². The number of aliphatic hydroxyl groups excluding tert-OH is 1. The molecule has 1 N–H and O–H groups in total. The highest BCUT2D eigenvalue weighted by atomic mass is 79.9. The van der Waals surface area contributed by atoms with E-state index in [2.05, 4.69) is 47.8 Å². The van der Waals surface area contributed by atoms with Crippen molar-refractivity contribution in [3.8, 4) is 11.5 Å². The van der Waals surface area contributed by atoms with Gasteiger partial charge in [0.1, 0.15) is 0 Å². The summed E-state index contributed by atoms with van der Waals surface area (Å²) in [5.74, 6) is 2.28. The molecule has 21 heavy (non-hydrogen) atoms. The Hall–Kier alpha value is -1.11. The molecule has 1 aromatic carbocycles. The third-order valence-corrected chi connectivity index (χ3v) is 4.63. The Kier molecular flexibility index (Phi) is 4.19. The van der Waals surface area contributed by atoms with E-state index in [1.165, 1.54) is 0 Å². The highest BCUT2D eigenvalue weighted by Gasteiger charge is 2.26. The monoisotopic (exact) mass is 412 g/mol. The standard InChI is InChI=1S/C15H14Br2N2O2/c1-9-5-12-13(7-11(9)17)21-14-6-10(16)8-18-15(14)19(12)3-2-4-20/h5-8,20H,2-4H2,1H3. The van der Waals surface area contributed by atoms with Crippen molar-refractivity contribution in [2.45, 2.75) is 13.3 Å². The summed E-state index contributed by atoms with van der Waals surface area (Å²) in [6.07, 6.45) is 2.43. The Balaban J connectivity index is 2.12. The van der Waals surface area contributed by atoms with E-state index in [4.69, 9.17) is 9.84 Å². The number of aryl methyl sites for hydroxylation is 1. The maximum Gasteiger partial charge on any atom is 0.176 e. The molecule has 0 amide bonds. The van der Waals surface area contributed by atoms with Crippen LogP contribution in [0.1, 0.15) is 12.0 Å². The number of aliphatic hydroxyl groups is 1. The van der Waals surface area contributed by atoms with Crippen LogP contribution in [0.15, 0.2) is 33.3 Å². The lowest BCUT2D eigenvalue weighted by molar-refractivity contribution is 0.290. The smallest absolute Gasteiger partial charge is 0.176 e. The molecule has 4 nitrogen and oxygen atoms in total. The summed E-state index contributed by atoms with van der Waals surface area (Å²) >= 11 is 6.96. The largest absolute Gasteiger partial charge is 0.451 e. The highest BCUT2D eigenvalue weighted by Crippen LogP contribution is 2.47. The normalized spacial score (nSPS) is 12.7. The van der Waals surface area contributed by atoms with E-state index in [1.54, 1.807) is 6.20 Å². The van der Waals surface area contributed by atoms with Gasteiger partial charge in [0.2, 0.25) is 0 Å². The van der Waals surface area contributed by atoms with Gasteiger partial charge in [-0.3, -0.25) is 0 Å². The first-order valence-electron chi connectivity index (χ1n) is 6.62. The fraction of sp³-hybridized carbons (Fsp3) is 0.267. The van der Waals surface area contributed by atoms with Crippen LogP contribution in [-0.4, -0.2) is 23.2 Å². The Morgan fingerprint density at radius 1 is 1.24 bits per heavy atom. The fourth-order valence-electron chi connectivity index (χ4n) is 2.32. The SMILES string of the molecule is Cc1cc2c(cc1Br)Oc1cc(Br)cnc1N2CCCO. The molecule has 110 valence electrons. The van der Waals surface area contributed by atoms with Crippen molar-refractivity contribution in [3.63, 3.8) is 0 Å². The zero-order valence-corrected chi connectivity index (χ0v) is 14.6. The van der Waals surface area contributed by atoms with Gasteiger partial charge in [0.15, 0.2) is 17.3 Å². The molecule has 0 bridgehead atoms. The molecule has 6 heteroatoms. The first-order valence-corrected chi connectivity index (χ1v) is 8.20. The molecule has 0 atom stereocenters. The molecule has 1 aromatic heterocycles. The van der Waals surface area contributed by atoms with Gasteiger partial charge in [0.25, 0.3) is 0 Å². The maximum atomic E-state index is 9.14. The second-order valence-corrected chi connectivity index (χ2v) is 6.65. The van der Waals surface area contributed by atoms with Gasteiger partial charge in [0.05, 0.1) is 5.69 Å². The third kappa shape index (κ3) is 2.80. The summed E-state index contributed by atoms with van der Waals surface area (Å²) in [5, 5.41) is 9.14. The molecule has 1 aliphatic rings. The number of anilines is 2. The molecule has 2 heterocycles. The lowest BCUT2D eigenvalue weighted by Crippen LogP contribution is -2.24. The van der Waals surface area contributed by atoms with Gasteiger partial charge in [-0.2, -0.15) is 0 Å². The van der Waals surface area contributed by atoms with E-state index in [-0.39, 0.29) is 6.61 Å². The van der Waals surface area contributed by atoms with E-state index in [1.807, 2.05) is 19.1 Å². The number of halogens is 2. The number of nitrogens with zero attached hydrogens (tertiary/aromatic N) is 2. The zero-order chi connectivity index (χ0) is 15.0. The molecular weight excluding hydrogens is 400 g/mol. The summed E-state index contributed by atoms with van der Waals surface area (Å²) < 4.78 is 7.86. The molecule has 2 aromatic rings. The van der Waals surface area contributed by atoms with Crippen molar-refractivity contribution >= 4 is 43.4 Å². The second kappa shape index (κ2) is 5.94. The quantitative estimate of drug-likeness (QED) is 0.802. The van der Waals surface area contributed by atoms with Gasteiger partial charge in [-0.25, -0.2) is 4.98 Å². The van der Waals surface area contributed by atoms with Gasteiger partial charge in [-0.05, 0) is 47.0 Å². The van der Waals surface area contributed by atoms with Gasteiger partial charge >= 0.3 is 0 Å². The third-order valence-electron chi connectivity index (χ3n) is 3.35. The number of hydrogen-bond acceptors (Lipinski definition) is 4. The molecule has 1 aliphatic heterocycles. The highest BCUT2D eigenvalue weighted by molar-refractivity contribution is 9.10. The van der Waals surface area contributed by atoms with E-state index in [0.29, 0.717) is 18.7 Å². The predicted molar refractivity (Wildman–Crippen MR) is 89.6 cm³/mol. The first kappa shape index (κ1) is 14.8. The minimum absolute atomic E-state index is 0.147. The van der Waals surface area contributed by atoms with Crippen LogP contribution in [0.4, 0.5) is 11.5 Å². The lowest BCUT2D eigenvalue weighted by atomic mass is 10.1. The minimum Gasteiger partial charge on any atom is -0.451 e. The number of rotatable bonds is 3. The van der Waals surface area contributed by atoms with Crippen molar-refractivity contribution in [1.29, 1.82) is 0 Å². The molecule has 0 radical (unpaired) electrons. The van der Waals surface area contributed by atoms with Gasteiger partial charge < -0.3 is 14.7 Å². The van der Waals surface area contributed by atoms with Crippen molar-refractivity contribution in [3.05, 3.63) is 38.9 Å². The number of hydrogen-bond donors (Lipinski definition) is 1. The van der Waals surface area contributed by atoms with Crippen LogP contribution in [0.3, 0.4) is 0 Å². The van der Waals surface area contributed by atoms with Gasteiger partial charge in [-0.15, -0.1) is 0 Å². The zero-order valence-electron chi connectivity index (χ0n) is 11.4. The Labute approximate surface area is 140 Å². The number of fused-ring (bicyclic) bond motifs is 2. The minimum atomic E-state index is 0.147. The molecule has 0 aliphatic carbocycles. The first-order chi connectivity index (χ1) is 10.1.